The molecular formula is C16H15NO3. The molecule has 0 saturated carbocycles. The van der Waals surface area contributed by atoms with Gasteiger partial charge in [0.05, 0.1) is 18.0 Å². The Hall–Kier alpha value is -2.49. The van der Waals surface area contributed by atoms with E-state index in [0.29, 0.717) is 5.75 Å². The monoisotopic (exact) mass is 269 g/mol. The highest BCUT2D eigenvalue weighted by molar-refractivity contribution is 6.14. The number of methoxy groups -OCH3 is 1. The molecule has 0 radical (unpaired) electrons. The molecule has 0 aliphatic carbocycles. The predicted octanol–water partition coefficient (Wildman–Crippen LogP) is 3.52. The van der Waals surface area contributed by atoms with Crippen LogP contribution in [0.15, 0.2) is 36.4 Å². The number of aromatic carboxylic acids is 1. The van der Waals surface area contributed by atoms with Gasteiger partial charge in [0.2, 0.25) is 0 Å². The van der Waals surface area contributed by atoms with Crippen molar-refractivity contribution in [3.63, 3.8) is 0 Å². The van der Waals surface area contributed by atoms with E-state index in [1.807, 2.05) is 30.3 Å². The molecule has 0 aliphatic heterocycles. The molecule has 102 valence electrons. The summed E-state index contributed by atoms with van der Waals surface area (Å²) in [6.07, 6.45) is 0. The smallest absolute Gasteiger partial charge is 0.339 e. The zero-order valence-corrected chi connectivity index (χ0v) is 11.4. The second kappa shape index (κ2) is 4.56. The molecule has 20 heavy (non-hydrogen) atoms. The van der Waals surface area contributed by atoms with E-state index < -0.39 is 5.97 Å². The summed E-state index contributed by atoms with van der Waals surface area (Å²) in [5.74, 6) is -0.546. The summed E-state index contributed by atoms with van der Waals surface area (Å²) in [7, 11) is 1.51. The fourth-order valence-electron chi connectivity index (χ4n) is 2.83. The zero-order chi connectivity index (χ0) is 14.3. The van der Waals surface area contributed by atoms with Gasteiger partial charge in [0.1, 0.15) is 11.3 Å². The maximum absolute atomic E-state index is 11.3. The Morgan fingerprint density at radius 3 is 2.60 bits per heavy atom. The van der Waals surface area contributed by atoms with Gasteiger partial charge in [0, 0.05) is 17.4 Å². The molecule has 0 unspecified atom stereocenters. The second-order valence-electron chi connectivity index (χ2n) is 4.61. The number of aromatic nitrogens is 1. The number of hydrogen-bond acceptors (Lipinski definition) is 2. The normalized spacial score (nSPS) is 11.1. The van der Waals surface area contributed by atoms with Crippen LogP contribution in [0.3, 0.4) is 0 Å². The van der Waals surface area contributed by atoms with Crippen molar-refractivity contribution < 1.29 is 14.6 Å². The summed E-state index contributed by atoms with van der Waals surface area (Å²) in [6.45, 7) is 2.89. The Kier molecular flexibility index (Phi) is 2.86. The van der Waals surface area contributed by atoms with Gasteiger partial charge in [-0.1, -0.05) is 18.2 Å². The van der Waals surface area contributed by atoms with Crippen LogP contribution in [0.2, 0.25) is 0 Å². The molecule has 3 aromatic rings. The summed E-state index contributed by atoms with van der Waals surface area (Å²) in [4.78, 5) is 11.3. The van der Waals surface area contributed by atoms with Gasteiger partial charge in [-0.15, -0.1) is 0 Å². The Labute approximate surface area is 116 Å². The molecule has 0 saturated heterocycles. The molecule has 3 rings (SSSR count). The highest BCUT2D eigenvalue weighted by Crippen LogP contribution is 2.37. The first kappa shape index (κ1) is 12.5. The molecule has 1 N–H and O–H groups in total. The lowest BCUT2D eigenvalue weighted by Gasteiger charge is -2.08. The highest BCUT2D eigenvalue weighted by atomic mass is 16.5. The molecule has 0 aliphatic rings. The lowest BCUT2D eigenvalue weighted by atomic mass is 10.1. The largest absolute Gasteiger partial charge is 0.495 e. The van der Waals surface area contributed by atoms with Crippen LogP contribution < -0.4 is 4.74 Å². The quantitative estimate of drug-likeness (QED) is 0.791. The Balaban J connectivity index is 2.57. The minimum absolute atomic E-state index is 0.194. The van der Waals surface area contributed by atoms with Crippen molar-refractivity contribution in [1.29, 1.82) is 0 Å². The van der Waals surface area contributed by atoms with E-state index in [0.717, 1.165) is 28.4 Å². The number of ether oxygens (including phenoxy) is 1. The number of rotatable bonds is 3. The molecule has 4 heteroatoms. The third kappa shape index (κ3) is 1.58. The molecular weight excluding hydrogens is 254 g/mol. The zero-order valence-electron chi connectivity index (χ0n) is 11.4. The topological polar surface area (TPSA) is 51.5 Å². The van der Waals surface area contributed by atoms with E-state index >= 15 is 0 Å². The number of hydrogen-bond donors (Lipinski definition) is 1. The summed E-state index contributed by atoms with van der Waals surface area (Å²) in [5.41, 5.74) is 2.28. The van der Waals surface area contributed by atoms with Gasteiger partial charge < -0.3 is 14.4 Å². The van der Waals surface area contributed by atoms with Gasteiger partial charge in [0.15, 0.2) is 0 Å². The summed E-state index contributed by atoms with van der Waals surface area (Å²) < 4.78 is 7.56. The maximum Gasteiger partial charge on any atom is 0.339 e. The van der Waals surface area contributed by atoms with Gasteiger partial charge in [-0.2, -0.15) is 0 Å². The first-order valence-electron chi connectivity index (χ1n) is 6.50. The third-order valence-electron chi connectivity index (χ3n) is 3.64. The van der Waals surface area contributed by atoms with Crippen molar-refractivity contribution >= 4 is 27.8 Å². The van der Waals surface area contributed by atoms with Crippen molar-refractivity contribution in [2.24, 2.45) is 0 Å². The van der Waals surface area contributed by atoms with E-state index in [9.17, 15) is 9.90 Å². The predicted molar refractivity (Wildman–Crippen MR) is 78.6 cm³/mol. The van der Waals surface area contributed by atoms with Gasteiger partial charge in [-0.25, -0.2) is 4.79 Å². The molecule has 0 atom stereocenters. The second-order valence-corrected chi connectivity index (χ2v) is 4.61. The van der Waals surface area contributed by atoms with E-state index in [1.165, 1.54) is 7.11 Å². The van der Waals surface area contributed by atoms with Crippen molar-refractivity contribution in [2.75, 3.05) is 7.11 Å². The van der Waals surface area contributed by atoms with Gasteiger partial charge in [0.25, 0.3) is 0 Å². The van der Waals surface area contributed by atoms with Crippen LogP contribution >= 0.6 is 0 Å². The summed E-state index contributed by atoms with van der Waals surface area (Å²) in [6, 6.07) is 11.4. The molecule has 1 heterocycles. The summed E-state index contributed by atoms with van der Waals surface area (Å²) in [5, 5.41) is 11.2. The SMILES string of the molecule is CCn1c2ccccc2c2c(OC)c(C(=O)O)ccc21. The Morgan fingerprint density at radius 2 is 1.95 bits per heavy atom. The average molecular weight is 269 g/mol. The van der Waals surface area contributed by atoms with Crippen LogP contribution in [0, 0.1) is 0 Å². The van der Waals surface area contributed by atoms with Crippen LogP contribution in [0.1, 0.15) is 17.3 Å². The maximum atomic E-state index is 11.3. The highest BCUT2D eigenvalue weighted by Gasteiger charge is 2.19. The minimum atomic E-state index is -0.975. The summed E-state index contributed by atoms with van der Waals surface area (Å²) >= 11 is 0. The van der Waals surface area contributed by atoms with E-state index in [2.05, 4.69) is 11.5 Å². The van der Waals surface area contributed by atoms with Crippen LogP contribution in [-0.4, -0.2) is 22.8 Å². The Morgan fingerprint density at radius 1 is 1.20 bits per heavy atom. The van der Waals surface area contributed by atoms with Crippen LogP contribution in [0.4, 0.5) is 0 Å². The molecule has 0 fully saturated rings. The van der Waals surface area contributed by atoms with Crippen LogP contribution in [0.25, 0.3) is 21.8 Å². The minimum Gasteiger partial charge on any atom is -0.495 e. The lowest BCUT2D eigenvalue weighted by molar-refractivity contribution is 0.0693. The number of aryl methyl sites for hydroxylation is 1. The molecule has 4 nitrogen and oxygen atoms in total. The number of carboxylic acids is 1. The molecule has 0 spiro atoms. The fraction of sp³-hybridized carbons (Fsp3) is 0.188. The van der Waals surface area contributed by atoms with E-state index in [1.54, 1.807) is 6.07 Å². The number of nitrogens with zero attached hydrogens (tertiary/aromatic N) is 1. The first-order chi connectivity index (χ1) is 9.69. The number of carboxylic acid groups (broad SMARTS) is 1. The number of carbonyl (C=O) groups is 1. The number of fused-ring (bicyclic) bond motifs is 3. The molecule has 1 aromatic heterocycles. The Bertz CT molecular complexity index is 817. The average Bonchev–Trinajstić information content (AvgIpc) is 2.79. The molecule has 2 aromatic carbocycles. The van der Waals surface area contributed by atoms with Crippen molar-refractivity contribution in [3.8, 4) is 5.75 Å². The molecule has 0 amide bonds. The van der Waals surface area contributed by atoms with Crippen LogP contribution in [0.5, 0.6) is 5.75 Å². The first-order valence-corrected chi connectivity index (χ1v) is 6.50. The van der Waals surface area contributed by atoms with Crippen molar-refractivity contribution in [2.45, 2.75) is 13.5 Å². The third-order valence-corrected chi connectivity index (χ3v) is 3.64. The van der Waals surface area contributed by atoms with E-state index in [-0.39, 0.29) is 5.56 Å². The van der Waals surface area contributed by atoms with Gasteiger partial charge in [-0.05, 0) is 25.1 Å². The van der Waals surface area contributed by atoms with Gasteiger partial charge in [-0.3, -0.25) is 0 Å². The fourth-order valence-corrected chi connectivity index (χ4v) is 2.83. The molecule has 0 bridgehead atoms. The van der Waals surface area contributed by atoms with Crippen LogP contribution in [-0.2, 0) is 6.54 Å². The number of para-hydroxylation sites is 1. The van der Waals surface area contributed by atoms with Gasteiger partial charge >= 0.3 is 5.97 Å². The van der Waals surface area contributed by atoms with Crippen molar-refractivity contribution in [3.05, 3.63) is 42.0 Å². The van der Waals surface area contributed by atoms with Crippen molar-refractivity contribution in [1.82, 2.24) is 4.57 Å². The van der Waals surface area contributed by atoms with E-state index in [4.69, 9.17) is 4.74 Å². The lowest BCUT2D eigenvalue weighted by Crippen LogP contribution is -2.01. The number of benzene rings is 2. The standard InChI is InChI=1S/C16H15NO3/c1-3-17-12-7-5-4-6-10(12)14-13(17)9-8-11(16(18)19)15(14)20-2/h4-9H,3H2,1-2H3,(H,18,19).